The van der Waals surface area contributed by atoms with Gasteiger partial charge in [0.1, 0.15) is 12.0 Å². The number of piperazine rings is 1. The highest BCUT2D eigenvalue weighted by Crippen LogP contribution is 2.13. The highest BCUT2D eigenvalue weighted by Gasteiger charge is 2.29. The molecule has 0 aliphatic carbocycles. The van der Waals surface area contributed by atoms with Gasteiger partial charge < -0.3 is 19.6 Å². The average molecular weight is 526 g/mol. The van der Waals surface area contributed by atoms with Gasteiger partial charge in [0.25, 0.3) is 0 Å². The van der Waals surface area contributed by atoms with Gasteiger partial charge >= 0.3 is 0 Å². The van der Waals surface area contributed by atoms with Gasteiger partial charge in [-0.2, -0.15) is 4.31 Å². The maximum Gasteiger partial charge on any atom is 0.241 e. The molecule has 0 saturated carbocycles. The molecule has 1 N–H and O–H groups in total. The fourth-order valence-electron chi connectivity index (χ4n) is 3.33. The molecule has 0 bridgehead atoms. The van der Waals surface area contributed by atoms with Gasteiger partial charge in [0.15, 0.2) is 5.96 Å². The van der Waals surface area contributed by atoms with Crippen molar-refractivity contribution in [2.75, 3.05) is 52.9 Å². The molecule has 1 amide bonds. The predicted molar refractivity (Wildman–Crippen MR) is 115 cm³/mol. The van der Waals surface area contributed by atoms with E-state index in [2.05, 4.69) is 15.5 Å². The minimum atomic E-state index is -3.44. The molecule has 1 aromatic rings. The normalized spacial score (nSPS) is 18.8. The van der Waals surface area contributed by atoms with Crippen LogP contribution in [0, 0.1) is 0 Å². The van der Waals surface area contributed by atoms with Crippen LogP contribution in [0.5, 0.6) is 0 Å². The van der Waals surface area contributed by atoms with E-state index in [0.717, 1.165) is 25.9 Å². The van der Waals surface area contributed by atoms with E-state index in [1.54, 1.807) is 13.1 Å². The van der Waals surface area contributed by atoms with Crippen molar-refractivity contribution in [1.29, 1.82) is 0 Å². The highest BCUT2D eigenvalue weighted by atomic mass is 127. The first kappa shape index (κ1) is 22.9. The quantitative estimate of drug-likeness (QED) is 0.325. The minimum absolute atomic E-state index is 0. The summed E-state index contributed by atoms with van der Waals surface area (Å²) in [6.45, 7) is 3.59. The molecule has 0 atom stereocenters. The third kappa shape index (κ3) is 5.80. The van der Waals surface area contributed by atoms with Crippen molar-refractivity contribution < 1.29 is 17.7 Å². The van der Waals surface area contributed by atoms with Gasteiger partial charge in [-0.3, -0.25) is 9.79 Å². The zero-order chi connectivity index (χ0) is 19.3. The number of sulfonamides is 1. The van der Waals surface area contributed by atoms with Gasteiger partial charge in [-0.25, -0.2) is 8.42 Å². The van der Waals surface area contributed by atoms with Gasteiger partial charge in [-0.1, -0.05) is 5.16 Å². The number of halogens is 1. The van der Waals surface area contributed by atoms with Crippen LogP contribution in [0.15, 0.2) is 21.8 Å². The van der Waals surface area contributed by atoms with Crippen molar-refractivity contribution in [2.45, 2.75) is 18.6 Å². The molecule has 28 heavy (non-hydrogen) atoms. The van der Waals surface area contributed by atoms with E-state index in [1.807, 2.05) is 9.80 Å². The Balaban J connectivity index is 0.00000280. The first-order valence-corrected chi connectivity index (χ1v) is 10.7. The van der Waals surface area contributed by atoms with Crippen LogP contribution in [0.1, 0.15) is 18.5 Å². The summed E-state index contributed by atoms with van der Waals surface area (Å²) in [6, 6.07) is 1.55. The molecule has 12 heteroatoms. The number of hydrogen-bond donors (Lipinski definition) is 1. The first-order chi connectivity index (χ1) is 13.0. The molecule has 2 fully saturated rings. The second-order valence-electron chi connectivity index (χ2n) is 6.62. The molecular formula is C16H27IN6O4S. The molecule has 158 valence electrons. The number of likely N-dealkylation sites (tertiary alicyclic amines) is 1. The van der Waals surface area contributed by atoms with Crippen molar-refractivity contribution in [2.24, 2.45) is 4.99 Å². The Morgan fingerprint density at radius 3 is 2.43 bits per heavy atom. The monoisotopic (exact) mass is 526 g/mol. The predicted octanol–water partition coefficient (Wildman–Crippen LogP) is -0.0622. The summed E-state index contributed by atoms with van der Waals surface area (Å²) in [7, 11) is -1.77. The van der Waals surface area contributed by atoms with E-state index in [4.69, 9.17) is 4.52 Å². The van der Waals surface area contributed by atoms with Gasteiger partial charge in [0.2, 0.25) is 15.9 Å². The summed E-state index contributed by atoms with van der Waals surface area (Å²) in [5.74, 6) is 0.527. The van der Waals surface area contributed by atoms with Crippen molar-refractivity contribution in [1.82, 2.24) is 24.6 Å². The number of carbonyl (C=O) groups excluding carboxylic acids is 1. The minimum Gasteiger partial charge on any atom is -0.364 e. The van der Waals surface area contributed by atoms with E-state index < -0.39 is 10.0 Å². The van der Waals surface area contributed by atoms with Crippen LogP contribution in [0.2, 0.25) is 0 Å². The smallest absolute Gasteiger partial charge is 0.241 e. The first-order valence-electron chi connectivity index (χ1n) is 9.10. The van der Waals surface area contributed by atoms with E-state index >= 15 is 0 Å². The van der Waals surface area contributed by atoms with Crippen LogP contribution in [-0.4, -0.2) is 92.4 Å². The maximum atomic E-state index is 12.5. The van der Waals surface area contributed by atoms with Crippen molar-refractivity contribution in [3.05, 3.63) is 18.0 Å². The van der Waals surface area contributed by atoms with E-state index in [0.29, 0.717) is 37.8 Å². The average Bonchev–Trinajstić information content (AvgIpc) is 3.36. The number of aromatic nitrogens is 1. The molecule has 10 nitrogen and oxygen atoms in total. The molecule has 3 heterocycles. The number of hydrogen-bond acceptors (Lipinski definition) is 6. The summed E-state index contributed by atoms with van der Waals surface area (Å²) in [5.41, 5.74) is 0.398. The molecule has 0 unspecified atom stereocenters. The topological polar surface area (TPSA) is 111 Å². The lowest BCUT2D eigenvalue weighted by Crippen LogP contribution is -2.54. The second-order valence-corrected chi connectivity index (χ2v) is 8.59. The van der Waals surface area contributed by atoms with Gasteiger partial charge in [-0.15, -0.1) is 24.0 Å². The number of amides is 1. The number of nitrogens with zero attached hydrogens (tertiary/aromatic N) is 5. The van der Waals surface area contributed by atoms with Crippen molar-refractivity contribution in [3.63, 3.8) is 0 Å². The lowest BCUT2D eigenvalue weighted by Gasteiger charge is -2.35. The molecule has 2 aliphatic rings. The van der Waals surface area contributed by atoms with Crippen molar-refractivity contribution in [3.8, 4) is 0 Å². The Morgan fingerprint density at radius 1 is 1.18 bits per heavy atom. The second kappa shape index (κ2) is 10.4. The molecule has 0 spiro atoms. The van der Waals surface area contributed by atoms with Crippen LogP contribution < -0.4 is 5.32 Å². The third-order valence-electron chi connectivity index (χ3n) is 4.82. The zero-order valence-electron chi connectivity index (χ0n) is 15.9. The lowest BCUT2D eigenvalue weighted by atomic mass is 10.4. The molecule has 1 aromatic heterocycles. The SMILES string of the molecule is CN=C(NCC(=O)N1CCCC1)N1CCN(S(=O)(=O)Cc2ccon2)CC1.I. The Morgan fingerprint density at radius 2 is 1.86 bits per heavy atom. The molecule has 0 radical (unpaired) electrons. The Kier molecular flexibility index (Phi) is 8.49. The van der Waals surface area contributed by atoms with E-state index in [9.17, 15) is 13.2 Å². The Bertz CT molecular complexity index is 756. The van der Waals surface area contributed by atoms with Crippen LogP contribution in [0.4, 0.5) is 0 Å². The van der Waals surface area contributed by atoms with Crippen LogP contribution in [0.3, 0.4) is 0 Å². The van der Waals surface area contributed by atoms with Gasteiger partial charge in [0.05, 0.1) is 12.2 Å². The molecule has 3 rings (SSSR count). The number of aliphatic imine (C=N–C) groups is 1. The molecular weight excluding hydrogens is 499 g/mol. The summed E-state index contributed by atoms with van der Waals surface area (Å²) in [5, 5.41) is 6.77. The summed E-state index contributed by atoms with van der Waals surface area (Å²) in [4.78, 5) is 20.2. The van der Waals surface area contributed by atoms with Crippen molar-refractivity contribution >= 4 is 45.9 Å². The fraction of sp³-hybridized carbons (Fsp3) is 0.688. The number of guanidine groups is 1. The number of carbonyl (C=O) groups is 1. The summed E-state index contributed by atoms with van der Waals surface area (Å²) >= 11 is 0. The number of rotatable bonds is 5. The number of nitrogens with one attached hydrogen (secondary N) is 1. The summed E-state index contributed by atoms with van der Waals surface area (Å²) in [6.07, 6.45) is 3.48. The Hall–Kier alpha value is -1.41. The largest absolute Gasteiger partial charge is 0.364 e. The Labute approximate surface area is 182 Å². The van der Waals surface area contributed by atoms with Crippen LogP contribution in [-0.2, 0) is 20.6 Å². The van der Waals surface area contributed by atoms with Crippen LogP contribution >= 0.6 is 24.0 Å². The third-order valence-corrected chi connectivity index (χ3v) is 6.63. The van der Waals surface area contributed by atoms with Gasteiger partial charge in [-0.05, 0) is 12.8 Å². The fourth-order valence-corrected chi connectivity index (χ4v) is 4.76. The maximum absolute atomic E-state index is 12.5. The zero-order valence-corrected chi connectivity index (χ0v) is 19.1. The molecule has 0 aromatic carbocycles. The molecule has 2 aliphatic heterocycles. The lowest BCUT2D eigenvalue weighted by molar-refractivity contribution is -0.128. The van der Waals surface area contributed by atoms with E-state index in [-0.39, 0.29) is 42.2 Å². The van der Waals surface area contributed by atoms with E-state index in [1.165, 1.54) is 10.6 Å². The standard InChI is InChI=1S/C16H26N6O4S.HI/c1-17-16(18-12-15(23)20-5-2-3-6-20)21-7-9-22(10-8-21)27(24,25)13-14-4-11-26-19-14;/h4,11H,2-3,5-10,12-13H2,1H3,(H,17,18);1H. The van der Waals surface area contributed by atoms with Gasteiger partial charge in [0, 0.05) is 52.4 Å². The highest BCUT2D eigenvalue weighted by molar-refractivity contribution is 14.0. The van der Waals surface area contributed by atoms with Crippen LogP contribution in [0.25, 0.3) is 0 Å². The molecule has 2 saturated heterocycles. The summed E-state index contributed by atoms with van der Waals surface area (Å²) < 4.78 is 31.1.